The molecule has 0 amide bonds. The fourth-order valence-electron chi connectivity index (χ4n) is 2.42. The lowest BCUT2D eigenvalue weighted by Crippen LogP contribution is -2.03. The lowest BCUT2D eigenvalue weighted by Gasteiger charge is -2.13. The van der Waals surface area contributed by atoms with E-state index in [-0.39, 0.29) is 0 Å². The molecule has 0 spiro atoms. The molecule has 1 atom stereocenters. The van der Waals surface area contributed by atoms with E-state index in [2.05, 4.69) is 32.0 Å². The summed E-state index contributed by atoms with van der Waals surface area (Å²) in [6, 6.07) is 14.2. The van der Waals surface area contributed by atoms with Crippen LogP contribution in [0.5, 0.6) is 5.75 Å². The number of benzene rings is 2. The van der Waals surface area contributed by atoms with Crippen LogP contribution < -0.4 is 4.74 Å². The van der Waals surface area contributed by atoms with E-state index in [9.17, 15) is 5.11 Å². The van der Waals surface area contributed by atoms with Crippen molar-refractivity contribution in [2.75, 3.05) is 0 Å². The standard InChI is InChI=1S/C19H22O2/c1-13-3-4-15(11-14(13)2)12-19(20)16-5-7-17(8-6-16)21-18-9-10-18/h3-8,11,18-20H,9-10,12H2,1-2H3. The molecule has 0 heterocycles. The van der Waals surface area contributed by atoms with E-state index in [1.54, 1.807) is 0 Å². The Labute approximate surface area is 126 Å². The molecule has 0 saturated heterocycles. The average molecular weight is 282 g/mol. The summed E-state index contributed by atoms with van der Waals surface area (Å²) in [4.78, 5) is 0. The molecule has 1 aliphatic carbocycles. The van der Waals surface area contributed by atoms with Gasteiger partial charge in [0.25, 0.3) is 0 Å². The third-order valence-corrected chi connectivity index (χ3v) is 4.09. The van der Waals surface area contributed by atoms with E-state index in [0.717, 1.165) is 24.2 Å². The van der Waals surface area contributed by atoms with Gasteiger partial charge in [0.2, 0.25) is 0 Å². The molecule has 2 nitrogen and oxygen atoms in total. The van der Waals surface area contributed by atoms with Crippen LogP contribution in [0.25, 0.3) is 0 Å². The summed E-state index contributed by atoms with van der Waals surface area (Å²) < 4.78 is 5.73. The van der Waals surface area contributed by atoms with Crippen molar-refractivity contribution in [3.63, 3.8) is 0 Å². The Hall–Kier alpha value is -1.80. The number of rotatable bonds is 5. The first-order chi connectivity index (χ1) is 10.1. The van der Waals surface area contributed by atoms with Gasteiger partial charge in [-0.3, -0.25) is 0 Å². The largest absolute Gasteiger partial charge is 0.490 e. The van der Waals surface area contributed by atoms with Crippen LogP contribution in [-0.4, -0.2) is 11.2 Å². The first kappa shape index (κ1) is 14.2. The average Bonchev–Trinajstić information content (AvgIpc) is 3.28. The quantitative estimate of drug-likeness (QED) is 0.894. The second-order valence-electron chi connectivity index (χ2n) is 6.02. The van der Waals surface area contributed by atoms with Crippen molar-refractivity contribution < 1.29 is 9.84 Å². The third-order valence-electron chi connectivity index (χ3n) is 4.09. The molecule has 1 aliphatic rings. The molecule has 1 fully saturated rings. The minimum Gasteiger partial charge on any atom is -0.490 e. The SMILES string of the molecule is Cc1ccc(CC(O)c2ccc(OC3CC3)cc2)cc1C. The van der Waals surface area contributed by atoms with Gasteiger partial charge in [0.15, 0.2) is 0 Å². The molecular formula is C19H22O2. The lowest BCUT2D eigenvalue weighted by atomic mass is 9.98. The van der Waals surface area contributed by atoms with Crippen molar-refractivity contribution in [1.82, 2.24) is 0 Å². The van der Waals surface area contributed by atoms with Crippen LogP contribution in [0.15, 0.2) is 42.5 Å². The van der Waals surface area contributed by atoms with Gasteiger partial charge in [-0.15, -0.1) is 0 Å². The molecule has 3 rings (SSSR count). The summed E-state index contributed by atoms with van der Waals surface area (Å²) in [7, 11) is 0. The van der Waals surface area contributed by atoms with Gasteiger partial charge in [-0.25, -0.2) is 0 Å². The second-order valence-corrected chi connectivity index (χ2v) is 6.02. The van der Waals surface area contributed by atoms with Gasteiger partial charge >= 0.3 is 0 Å². The molecule has 1 N–H and O–H groups in total. The molecule has 110 valence electrons. The number of aryl methyl sites for hydroxylation is 2. The maximum atomic E-state index is 10.4. The van der Waals surface area contributed by atoms with Crippen molar-refractivity contribution in [3.8, 4) is 5.75 Å². The number of hydrogen-bond acceptors (Lipinski definition) is 2. The summed E-state index contributed by atoms with van der Waals surface area (Å²) in [5.74, 6) is 0.902. The molecular weight excluding hydrogens is 260 g/mol. The van der Waals surface area contributed by atoms with Gasteiger partial charge in [0, 0.05) is 6.42 Å². The summed E-state index contributed by atoms with van der Waals surface area (Å²) in [6.07, 6.45) is 2.91. The fourth-order valence-corrected chi connectivity index (χ4v) is 2.42. The Morgan fingerprint density at radius 1 is 1.05 bits per heavy atom. The van der Waals surface area contributed by atoms with E-state index in [4.69, 9.17) is 4.74 Å². The van der Waals surface area contributed by atoms with Crippen molar-refractivity contribution in [2.45, 2.75) is 45.3 Å². The van der Waals surface area contributed by atoms with E-state index >= 15 is 0 Å². The minimum atomic E-state index is -0.470. The fraction of sp³-hybridized carbons (Fsp3) is 0.368. The second kappa shape index (κ2) is 5.90. The smallest absolute Gasteiger partial charge is 0.119 e. The number of ether oxygens (including phenoxy) is 1. The Morgan fingerprint density at radius 2 is 1.76 bits per heavy atom. The van der Waals surface area contributed by atoms with E-state index in [0.29, 0.717) is 12.5 Å². The zero-order chi connectivity index (χ0) is 14.8. The highest BCUT2D eigenvalue weighted by Crippen LogP contribution is 2.28. The predicted molar refractivity (Wildman–Crippen MR) is 84.7 cm³/mol. The molecule has 0 aliphatic heterocycles. The summed E-state index contributed by atoms with van der Waals surface area (Å²) in [5, 5.41) is 10.4. The van der Waals surface area contributed by atoms with Crippen LogP contribution in [0.2, 0.25) is 0 Å². The van der Waals surface area contributed by atoms with Gasteiger partial charge in [-0.05, 0) is 61.1 Å². The van der Waals surface area contributed by atoms with E-state index in [1.807, 2.05) is 24.3 Å². The highest BCUT2D eigenvalue weighted by atomic mass is 16.5. The number of aliphatic hydroxyl groups excluding tert-OH is 1. The predicted octanol–water partition coefficient (Wildman–Crippen LogP) is 4.12. The van der Waals surface area contributed by atoms with E-state index in [1.165, 1.54) is 16.7 Å². The molecule has 2 heteroatoms. The summed E-state index contributed by atoms with van der Waals surface area (Å²) in [6.45, 7) is 4.21. The third kappa shape index (κ3) is 3.64. The monoisotopic (exact) mass is 282 g/mol. The van der Waals surface area contributed by atoms with E-state index < -0.39 is 6.10 Å². The molecule has 0 bridgehead atoms. The molecule has 2 aromatic rings. The Balaban J connectivity index is 1.66. The first-order valence-corrected chi connectivity index (χ1v) is 7.62. The molecule has 1 saturated carbocycles. The highest BCUT2D eigenvalue weighted by Gasteiger charge is 2.23. The first-order valence-electron chi connectivity index (χ1n) is 7.62. The van der Waals surface area contributed by atoms with Crippen molar-refractivity contribution >= 4 is 0 Å². The zero-order valence-corrected chi connectivity index (χ0v) is 12.7. The normalized spacial score (nSPS) is 15.8. The molecule has 1 unspecified atom stereocenters. The molecule has 0 aromatic heterocycles. The Bertz CT molecular complexity index is 612. The van der Waals surface area contributed by atoms with Crippen LogP contribution in [0.1, 0.15) is 41.2 Å². The lowest BCUT2D eigenvalue weighted by molar-refractivity contribution is 0.178. The van der Waals surface area contributed by atoms with Crippen LogP contribution >= 0.6 is 0 Å². The molecule has 21 heavy (non-hydrogen) atoms. The van der Waals surface area contributed by atoms with Crippen LogP contribution in [0, 0.1) is 13.8 Å². The highest BCUT2D eigenvalue weighted by molar-refractivity contribution is 5.33. The summed E-state index contributed by atoms with van der Waals surface area (Å²) in [5.41, 5.74) is 4.67. The Morgan fingerprint density at radius 3 is 2.38 bits per heavy atom. The van der Waals surface area contributed by atoms with Crippen molar-refractivity contribution in [2.24, 2.45) is 0 Å². The van der Waals surface area contributed by atoms with Gasteiger partial charge < -0.3 is 9.84 Å². The van der Waals surface area contributed by atoms with Crippen LogP contribution in [-0.2, 0) is 6.42 Å². The maximum Gasteiger partial charge on any atom is 0.119 e. The number of hydrogen-bond donors (Lipinski definition) is 1. The minimum absolute atomic E-state index is 0.413. The number of aliphatic hydroxyl groups is 1. The van der Waals surface area contributed by atoms with Gasteiger partial charge in [0.05, 0.1) is 12.2 Å². The van der Waals surface area contributed by atoms with Gasteiger partial charge in [0.1, 0.15) is 5.75 Å². The maximum absolute atomic E-state index is 10.4. The molecule has 0 radical (unpaired) electrons. The Kier molecular flexibility index (Phi) is 3.98. The van der Waals surface area contributed by atoms with Crippen molar-refractivity contribution in [1.29, 1.82) is 0 Å². The zero-order valence-electron chi connectivity index (χ0n) is 12.7. The van der Waals surface area contributed by atoms with Gasteiger partial charge in [-0.2, -0.15) is 0 Å². The van der Waals surface area contributed by atoms with Crippen LogP contribution in [0.4, 0.5) is 0 Å². The van der Waals surface area contributed by atoms with Gasteiger partial charge in [-0.1, -0.05) is 30.3 Å². The van der Waals surface area contributed by atoms with Crippen LogP contribution in [0.3, 0.4) is 0 Å². The summed E-state index contributed by atoms with van der Waals surface area (Å²) >= 11 is 0. The molecule has 2 aromatic carbocycles. The van der Waals surface area contributed by atoms with Crippen molar-refractivity contribution in [3.05, 3.63) is 64.7 Å². The topological polar surface area (TPSA) is 29.5 Å².